The molecule has 1 amide bonds. The molecule has 0 aromatic carbocycles. The minimum Gasteiger partial charge on any atom is -0.397 e. The summed E-state index contributed by atoms with van der Waals surface area (Å²) >= 11 is 0. The molecule has 1 saturated carbocycles. The molecule has 0 aliphatic heterocycles. The molecule has 1 heterocycles. The Labute approximate surface area is 94.4 Å². The van der Waals surface area contributed by atoms with Crippen LogP contribution in [-0.2, 0) is 0 Å². The summed E-state index contributed by atoms with van der Waals surface area (Å²) in [5, 5.41) is 0. The number of hydrogen-bond donors (Lipinski definition) is 2. The third-order valence-electron chi connectivity index (χ3n) is 3.17. The van der Waals surface area contributed by atoms with Crippen LogP contribution in [0.3, 0.4) is 0 Å². The first-order chi connectivity index (χ1) is 7.59. The number of pyridine rings is 1. The van der Waals surface area contributed by atoms with Gasteiger partial charge in [-0.2, -0.15) is 0 Å². The molecule has 5 heteroatoms. The quantitative estimate of drug-likeness (QED) is 0.787. The smallest absolute Gasteiger partial charge is 0.250 e. The van der Waals surface area contributed by atoms with E-state index in [0.29, 0.717) is 17.3 Å². The summed E-state index contributed by atoms with van der Waals surface area (Å²) in [6, 6.07) is 2.19. The van der Waals surface area contributed by atoms with Crippen molar-refractivity contribution in [2.45, 2.75) is 25.3 Å². The first kappa shape index (κ1) is 10.7. The van der Waals surface area contributed by atoms with Crippen molar-refractivity contribution in [1.82, 2.24) is 4.98 Å². The number of hydrogen-bond acceptors (Lipinski definition) is 4. The van der Waals surface area contributed by atoms with Gasteiger partial charge < -0.3 is 16.4 Å². The van der Waals surface area contributed by atoms with E-state index in [1.807, 2.05) is 7.05 Å². The summed E-state index contributed by atoms with van der Waals surface area (Å²) in [5.41, 5.74) is 11.5. The lowest BCUT2D eigenvalue weighted by molar-refractivity contribution is 0.100. The number of anilines is 2. The van der Waals surface area contributed by atoms with Crippen molar-refractivity contribution in [3.8, 4) is 0 Å². The Kier molecular flexibility index (Phi) is 2.68. The molecular formula is C11H16N4O. The lowest BCUT2D eigenvalue weighted by atomic mass is 9.92. The Balaban J connectivity index is 2.27. The number of amides is 1. The van der Waals surface area contributed by atoms with Gasteiger partial charge in [-0.15, -0.1) is 0 Å². The topological polar surface area (TPSA) is 85.2 Å². The molecule has 1 aliphatic carbocycles. The Morgan fingerprint density at radius 1 is 1.56 bits per heavy atom. The second kappa shape index (κ2) is 4.00. The Bertz CT molecular complexity index is 414. The van der Waals surface area contributed by atoms with Crippen molar-refractivity contribution in [2.75, 3.05) is 17.7 Å². The molecule has 1 aliphatic rings. The van der Waals surface area contributed by atoms with E-state index in [2.05, 4.69) is 9.88 Å². The number of carbonyl (C=O) groups is 1. The summed E-state index contributed by atoms with van der Waals surface area (Å²) in [6.45, 7) is 0. The SMILES string of the molecule is CN(c1cc(C(N)=O)c(N)cn1)C1CCC1. The number of primary amides is 1. The molecule has 0 radical (unpaired) electrons. The van der Waals surface area contributed by atoms with Gasteiger partial charge in [-0.3, -0.25) is 4.79 Å². The van der Waals surface area contributed by atoms with Crippen LogP contribution in [0.5, 0.6) is 0 Å². The van der Waals surface area contributed by atoms with Crippen molar-refractivity contribution >= 4 is 17.4 Å². The maximum atomic E-state index is 11.1. The lowest BCUT2D eigenvalue weighted by Crippen LogP contribution is -2.37. The van der Waals surface area contributed by atoms with Crippen molar-refractivity contribution in [1.29, 1.82) is 0 Å². The molecule has 1 aromatic heterocycles. The van der Waals surface area contributed by atoms with Crippen LogP contribution < -0.4 is 16.4 Å². The van der Waals surface area contributed by atoms with Gasteiger partial charge in [-0.1, -0.05) is 0 Å². The van der Waals surface area contributed by atoms with Gasteiger partial charge in [0.15, 0.2) is 0 Å². The van der Waals surface area contributed by atoms with Gasteiger partial charge in [0, 0.05) is 13.1 Å². The van der Waals surface area contributed by atoms with Crippen LogP contribution in [-0.4, -0.2) is 24.0 Å². The highest BCUT2D eigenvalue weighted by molar-refractivity contribution is 5.98. The average Bonchev–Trinajstić information content (AvgIpc) is 2.15. The molecule has 16 heavy (non-hydrogen) atoms. The molecule has 2 rings (SSSR count). The number of nitrogen functional groups attached to an aromatic ring is 1. The summed E-state index contributed by atoms with van der Waals surface area (Å²) in [5.74, 6) is 0.246. The summed E-state index contributed by atoms with van der Waals surface area (Å²) in [7, 11) is 1.98. The van der Waals surface area contributed by atoms with E-state index in [1.54, 1.807) is 6.07 Å². The molecule has 4 N–H and O–H groups in total. The van der Waals surface area contributed by atoms with Crippen LogP contribution in [0.2, 0.25) is 0 Å². The van der Waals surface area contributed by atoms with Crippen molar-refractivity contribution in [3.05, 3.63) is 17.8 Å². The molecule has 0 atom stereocenters. The summed E-state index contributed by atoms with van der Waals surface area (Å²) < 4.78 is 0. The number of aromatic nitrogens is 1. The Hall–Kier alpha value is -1.78. The van der Waals surface area contributed by atoms with Gasteiger partial charge in [0.2, 0.25) is 0 Å². The molecule has 86 valence electrons. The van der Waals surface area contributed by atoms with E-state index in [0.717, 1.165) is 5.82 Å². The summed E-state index contributed by atoms with van der Waals surface area (Å²) in [4.78, 5) is 17.4. The highest BCUT2D eigenvalue weighted by Crippen LogP contribution is 2.28. The van der Waals surface area contributed by atoms with Crippen LogP contribution in [0.15, 0.2) is 12.3 Å². The predicted octanol–water partition coefficient (Wildman–Crippen LogP) is 0.751. The monoisotopic (exact) mass is 220 g/mol. The third-order valence-corrected chi connectivity index (χ3v) is 3.17. The largest absolute Gasteiger partial charge is 0.397 e. The predicted molar refractivity (Wildman–Crippen MR) is 63.2 cm³/mol. The third kappa shape index (κ3) is 1.80. The van der Waals surface area contributed by atoms with E-state index in [4.69, 9.17) is 11.5 Å². The van der Waals surface area contributed by atoms with Crippen LogP contribution in [0.4, 0.5) is 11.5 Å². The van der Waals surface area contributed by atoms with Gasteiger partial charge in [0.05, 0.1) is 17.4 Å². The Morgan fingerprint density at radius 2 is 2.25 bits per heavy atom. The average molecular weight is 220 g/mol. The molecule has 0 saturated heterocycles. The lowest BCUT2D eigenvalue weighted by Gasteiger charge is -2.35. The van der Waals surface area contributed by atoms with Crippen LogP contribution in [0.25, 0.3) is 0 Å². The maximum Gasteiger partial charge on any atom is 0.250 e. The van der Waals surface area contributed by atoms with Gasteiger partial charge in [0.25, 0.3) is 5.91 Å². The Morgan fingerprint density at radius 3 is 2.75 bits per heavy atom. The first-order valence-corrected chi connectivity index (χ1v) is 5.37. The molecule has 5 nitrogen and oxygen atoms in total. The van der Waals surface area contributed by atoms with E-state index < -0.39 is 5.91 Å². The molecule has 1 fully saturated rings. The second-order valence-electron chi connectivity index (χ2n) is 4.19. The van der Waals surface area contributed by atoms with E-state index in [9.17, 15) is 4.79 Å². The number of nitrogens with zero attached hydrogens (tertiary/aromatic N) is 2. The molecule has 1 aromatic rings. The highest BCUT2D eigenvalue weighted by Gasteiger charge is 2.23. The van der Waals surface area contributed by atoms with Crippen molar-refractivity contribution in [3.63, 3.8) is 0 Å². The minimum atomic E-state index is -0.511. The zero-order valence-corrected chi connectivity index (χ0v) is 9.31. The molecule has 0 bridgehead atoms. The number of nitrogens with two attached hydrogens (primary N) is 2. The van der Waals surface area contributed by atoms with E-state index in [-0.39, 0.29) is 0 Å². The fourth-order valence-corrected chi connectivity index (χ4v) is 1.82. The molecule has 0 spiro atoms. The normalized spacial score (nSPS) is 15.6. The van der Waals surface area contributed by atoms with Gasteiger partial charge >= 0.3 is 0 Å². The van der Waals surface area contributed by atoms with Crippen molar-refractivity contribution < 1.29 is 4.79 Å². The van der Waals surface area contributed by atoms with Crippen LogP contribution in [0.1, 0.15) is 29.6 Å². The fraction of sp³-hybridized carbons (Fsp3) is 0.455. The summed E-state index contributed by atoms with van der Waals surface area (Å²) in [6.07, 6.45) is 5.10. The number of carbonyl (C=O) groups excluding carboxylic acids is 1. The standard InChI is InChI=1S/C11H16N4O/c1-15(7-3-2-4-7)10-5-8(11(13)16)9(12)6-14-10/h5-7H,2-4,12H2,1H3,(H2,13,16). The first-order valence-electron chi connectivity index (χ1n) is 5.37. The van der Waals surface area contributed by atoms with Gasteiger partial charge in [0.1, 0.15) is 5.82 Å². The molecule has 0 unspecified atom stereocenters. The fourth-order valence-electron chi connectivity index (χ4n) is 1.82. The minimum absolute atomic E-state index is 0.332. The van der Waals surface area contributed by atoms with Gasteiger partial charge in [-0.25, -0.2) is 4.98 Å². The van der Waals surface area contributed by atoms with E-state index in [1.165, 1.54) is 25.5 Å². The molecular weight excluding hydrogens is 204 g/mol. The zero-order chi connectivity index (χ0) is 11.7. The zero-order valence-electron chi connectivity index (χ0n) is 9.31. The van der Waals surface area contributed by atoms with Crippen LogP contribution in [0, 0.1) is 0 Å². The van der Waals surface area contributed by atoms with Crippen molar-refractivity contribution in [2.24, 2.45) is 5.73 Å². The second-order valence-corrected chi connectivity index (χ2v) is 4.19. The number of rotatable bonds is 3. The van der Waals surface area contributed by atoms with Gasteiger partial charge in [-0.05, 0) is 25.3 Å². The highest BCUT2D eigenvalue weighted by atomic mass is 16.1. The maximum absolute atomic E-state index is 11.1. The van der Waals surface area contributed by atoms with E-state index >= 15 is 0 Å². The van der Waals surface area contributed by atoms with Crippen LogP contribution >= 0.6 is 0 Å².